The van der Waals surface area contributed by atoms with Crippen LogP contribution in [0.15, 0.2) is 60.7 Å². The quantitative estimate of drug-likeness (QED) is 0.264. The highest BCUT2D eigenvalue weighted by Gasteiger charge is 2.22. The molecule has 0 unspecified atom stereocenters. The molecule has 3 aromatic carbocycles. The van der Waals surface area contributed by atoms with Crippen LogP contribution in [0.5, 0.6) is 17.2 Å². The Balaban J connectivity index is 1.57. The lowest BCUT2D eigenvalue weighted by molar-refractivity contribution is 0.0684. The molecule has 1 heterocycles. The molecule has 0 bridgehead atoms. The number of hydrogen-bond acceptors (Lipinski definition) is 5. The van der Waals surface area contributed by atoms with Gasteiger partial charge in [0.15, 0.2) is 11.5 Å². The number of carbonyl (C=O) groups is 1. The van der Waals surface area contributed by atoms with Crippen molar-refractivity contribution in [2.75, 3.05) is 27.9 Å². The molecular weight excluding hydrogens is 480 g/mol. The number of rotatable bonds is 11. The van der Waals surface area contributed by atoms with Crippen molar-refractivity contribution in [2.45, 2.75) is 19.5 Å². The van der Waals surface area contributed by atoms with Gasteiger partial charge in [0.05, 0.1) is 21.3 Å². The van der Waals surface area contributed by atoms with E-state index < -0.39 is 5.97 Å². The fourth-order valence-corrected chi connectivity index (χ4v) is 4.59. The van der Waals surface area contributed by atoms with E-state index >= 15 is 0 Å². The molecule has 1 aromatic heterocycles. The summed E-state index contributed by atoms with van der Waals surface area (Å²) in [6, 6.07) is 19.1. The Morgan fingerprint density at radius 3 is 2.22 bits per heavy atom. The van der Waals surface area contributed by atoms with E-state index in [2.05, 4.69) is 5.32 Å². The number of aromatic carboxylic acids is 1. The number of carboxylic acid groups (broad SMARTS) is 1. The van der Waals surface area contributed by atoms with Crippen LogP contribution in [-0.2, 0) is 19.5 Å². The van der Waals surface area contributed by atoms with Crippen LogP contribution in [0.3, 0.4) is 0 Å². The molecule has 0 saturated heterocycles. The zero-order valence-corrected chi connectivity index (χ0v) is 21.3. The zero-order chi connectivity index (χ0) is 25.7. The van der Waals surface area contributed by atoms with Crippen LogP contribution in [0.4, 0.5) is 0 Å². The van der Waals surface area contributed by atoms with Gasteiger partial charge in [-0.05, 0) is 54.4 Å². The number of ether oxygens (including phenoxy) is 3. The Bertz CT molecular complexity index is 1340. The van der Waals surface area contributed by atoms with Crippen LogP contribution >= 0.6 is 11.6 Å². The largest absolute Gasteiger partial charge is 0.493 e. The molecule has 7 nitrogen and oxygen atoms in total. The van der Waals surface area contributed by atoms with Gasteiger partial charge in [0.2, 0.25) is 5.75 Å². The van der Waals surface area contributed by atoms with E-state index in [0.717, 1.165) is 27.6 Å². The summed E-state index contributed by atoms with van der Waals surface area (Å²) in [5, 5.41) is 15.1. The molecule has 4 aromatic rings. The van der Waals surface area contributed by atoms with Gasteiger partial charge in [-0.1, -0.05) is 41.9 Å². The normalized spacial score (nSPS) is 11.0. The summed E-state index contributed by atoms with van der Waals surface area (Å²) in [7, 11) is 4.75. The lowest BCUT2D eigenvalue weighted by atomic mass is 10.1. The van der Waals surface area contributed by atoms with E-state index in [1.807, 2.05) is 65.2 Å². The minimum absolute atomic E-state index is 0.284. The van der Waals surface area contributed by atoms with Crippen molar-refractivity contribution in [3.05, 3.63) is 88.1 Å². The molecule has 188 valence electrons. The molecular formula is C28H29ClN2O5. The molecule has 36 heavy (non-hydrogen) atoms. The van der Waals surface area contributed by atoms with Gasteiger partial charge in [0.1, 0.15) is 5.69 Å². The number of fused-ring (bicyclic) bond motifs is 1. The first kappa shape index (κ1) is 25.4. The van der Waals surface area contributed by atoms with Gasteiger partial charge in [-0.2, -0.15) is 0 Å². The second-order valence-electron chi connectivity index (χ2n) is 8.32. The van der Waals surface area contributed by atoms with E-state index in [1.54, 1.807) is 21.3 Å². The second-order valence-corrected chi connectivity index (χ2v) is 8.76. The Morgan fingerprint density at radius 2 is 1.61 bits per heavy atom. The number of methoxy groups -OCH3 is 3. The van der Waals surface area contributed by atoms with Gasteiger partial charge in [-0.3, -0.25) is 0 Å². The van der Waals surface area contributed by atoms with Gasteiger partial charge in [-0.15, -0.1) is 0 Å². The first-order valence-corrected chi connectivity index (χ1v) is 11.9. The highest BCUT2D eigenvalue weighted by atomic mass is 35.5. The molecule has 0 atom stereocenters. The Hall–Kier alpha value is -3.68. The van der Waals surface area contributed by atoms with Gasteiger partial charge in [0, 0.05) is 34.6 Å². The molecule has 0 aliphatic carbocycles. The number of nitrogens with one attached hydrogen (secondary N) is 1. The molecule has 0 aliphatic rings. The number of hydrogen-bond donors (Lipinski definition) is 2. The zero-order valence-electron chi connectivity index (χ0n) is 20.5. The van der Waals surface area contributed by atoms with Crippen LogP contribution in [0.1, 0.15) is 27.2 Å². The summed E-state index contributed by atoms with van der Waals surface area (Å²) < 4.78 is 18.1. The third kappa shape index (κ3) is 5.27. The molecule has 2 N–H and O–H groups in total. The fraction of sp³-hybridized carbons (Fsp3) is 0.250. The monoisotopic (exact) mass is 508 g/mol. The lowest BCUT2D eigenvalue weighted by Gasteiger charge is -2.14. The SMILES string of the molecule is COc1cc(CCNCc2c(C(=O)O)n(Cc3ccc(Cl)cc3)c3ccccc23)cc(OC)c1OC. The van der Waals surface area contributed by atoms with Crippen LogP contribution in [0.25, 0.3) is 10.9 Å². The maximum atomic E-state index is 12.4. The van der Waals surface area contributed by atoms with Crippen molar-refractivity contribution in [1.29, 1.82) is 0 Å². The van der Waals surface area contributed by atoms with Crippen molar-refractivity contribution in [3.8, 4) is 17.2 Å². The smallest absolute Gasteiger partial charge is 0.352 e. The lowest BCUT2D eigenvalue weighted by Crippen LogP contribution is -2.19. The van der Waals surface area contributed by atoms with E-state index in [9.17, 15) is 9.90 Å². The molecule has 4 rings (SSSR count). The molecule has 0 spiro atoms. The van der Waals surface area contributed by atoms with Crippen LogP contribution in [0.2, 0.25) is 5.02 Å². The standard InChI is InChI=1S/C28H29ClN2O5/c1-34-24-14-19(15-25(35-2)27(24)36-3)12-13-30-16-22-21-6-4-5-7-23(21)31(26(22)28(32)33)17-18-8-10-20(29)11-9-18/h4-11,14-15,30H,12-13,16-17H2,1-3H3,(H,32,33). The third-order valence-corrected chi connectivity index (χ3v) is 6.40. The van der Waals surface area contributed by atoms with E-state index in [-0.39, 0.29) is 5.69 Å². The van der Waals surface area contributed by atoms with Crippen LogP contribution < -0.4 is 19.5 Å². The summed E-state index contributed by atoms with van der Waals surface area (Å²) in [6.45, 7) is 1.49. The maximum Gasteiger partial charge on any atom is 0.352 e. The Kier molecular flexibility index (Phi) is 8.03. The van der Waals surface area contributed by atoms with Gasteiger partial charge < -0.3 is 29.2 Å². The third-order valence-electron chi connectivity index (χ3n) is 6.15. The van der Waals surface area contributed by atoms with Crippen molar-refractivity contribution in [3.63, 3.8) is 0 Å². The Morgan fingerprint density at radius 1 is 0.944 bits per heavy atom. The topological polar surface area (TPSA) is 82.0 Å². The first-order chi connectivity index (χ1) is 17.5. The number of aromatic nitrogens is 1. The summed E-state index contributed by atoms with van der Waals surface area (Å²) in [5.74, 6) is 0.800. The number of para-hydroxylation sites is 1. The average molecular weight is 509 g/mol. The molecule has 0 radical (unpaired) electrons. The van der Waals surface area contributed by atoms with Crippen molar-refractivity contribution in [2.24, 2.45) is 0 Å². The molecule has 0 fully saturated rings. The van der Waals surface area contributed by atoms with E-state index in [1.165, 1.54) is 0 Å². The maximum absolute atomic E-state index is 12.4. The van der Waals surface area contributed by atoms with E-state index in [0.29, 0.717) is 48.3 Å². The summed E-state index contributed by atoms with van der Waals surface area (Å²) in [6.07, 6.45) is 0.697. The number of carboxylic acids is 1. The van der Waals surface area contributed by atoms with Gasteiger partial charge in [0.25, 0.3) is 0 Å². The molecule has 0 amide bonds. The number of halogens is 1. The van der Waals surface area contributed by atoms with Crippen LogP contribution in [0, 0.1) is 0 Å². The van der Waals surface area contributed by atoms with Gasteiger partial charge in [-0.25, -0.2) is 4.79 Å². The highest BCUT2D eigenvalue weighted by molar-refractivity contribution is 6.30. The predicted octanol–water partition coefficient (Wildman–Crippen LogP) is 5.40. The second kappa shape index (κ2) is 11.4. The van der Waals surface area contributed by atoms with Crippen LogP contribution in [-0.4, -0.2) is 43.5 Å². The minimum atomic E-state index is -0.957. The first-order valence-electron chi connectivity index (χ1n) is 11.5. The van der Waals surface area contributed by atoms with E-state index in [4.69, 9.17) is 25.8 Å². The van der Waals surface area contributed by atoms with Crippen molar-refractivity contribution >= 4 is 28.5 Å². The average Bonchev–Trinajstić information content (AvgIpc) is 3.20. The summed E-state index contributed by atoms with van der Waals surface area (Å²) in [4.78, 5) is 12.4. The number of benzene rings is 3. The minimum Gasteiger partial charge on any atom is -0.493 e. The molecule has 8 heteroatoms. The predicted molar refractivity (Wildman–Crippen MR) is 141 cm³/mol. The highest BCUT2D eigenvalue weighted by Crippen LogP contribution is 2.38. The van der Waals surface area contributed by atoms with Gasteiger partial charge >= 0.3 is 5.97 Å². The number of nitrogens with zero attached hydrogens (tertiary/aromatic N) is 1. The summed E-state index contributed by atoms with van der Waals surface area (Å²) in [5.41, 5.74) is 3.92. The molecule has 0 saturated carbocycles. The van der Waals surface area contributed by atoms with Crippen molar-refractivity contribution in [1.82, 2.24) is 9.88 Å². The molecule has 0 aliphatic heterocycles. The fourth-order valence-electron chi connectivity index (χ4n) is 4.46. The summed E-state index contributed by atoms with van der Waals surface area (Å²) >= 11 is 6.03. The Labute approximate surface area is 215 Å². The van der Waals surface area contributed by atoms with Crippen molar-refractivity contribution < 1.29 is 24.1 Å².